The molecule has 1 amide bonds. The minimum Gasteiger partial charge on any atom is -0.444 e. The van der Waals surface area contributed by atoms with Crippen LogP contribution in [0.15, 0.2) is 18.2 Å². The molecule has 1 heterocycles. The van der Waals surface area contributed by atoms with Gasteiger partial charge in [0, 0.05) is 18.7 Å². The average Bonchev–Trinajstić information content (AvgIpc) is 2.45. The van der Waals surface area contributed by atoms with Crippen molar-refractivity contribution in [1.29, 1.82) is 0 Å². The molecular weight excluding hydrogens is 322 g/mol. The number of hydrogen-bond acceptors (Lipinski definition) is 4. The van der Waals surface area contributed by atoms with Crippen molar-refractivity contribution in [3.05, 3.63) is 45.5 Å². The van der Waals surface area contributed by atoms with Crippen LogP contribution in [0.2, 0.25) is 0 Å². The molecule has 0 saturated carbocycles. The Balaban J connectivity index is 2.19. The molecule has 1 aliphatic rings. The third-order valence-electron chi connectivity index (χ3n) is 3.42. The molecule has 6 nitrogen and oxygen atoms in total. The van der Waals surface area contributed by atoms with E-state index >= 15 is 0 Å². The topological polar surface area (TPSA) is 72.7 Å². The average molecular weight is 340 g/mol. The van der Waals surface area contributed by atoms with Crippen LogP contribution in [0, 0.1) is 21.7 Å². The number of non-ortho nitro benzene ring substituents is 1. The molecule has 1 aromatic rings. The second-order valence-electron chi connectivity index (χ2n) is 6.45. The second-order valence-corrected chi connectivity index (χ2v) is 6.45. The first-order valence-electron chi connectivity index (χ1n) is 7.39. The van der Waals surface area contributed by atoms with Crippen LogP contribution in [0.25, 0.3) is 5.57 Å². The maximum Gasteiger partial charge on any atom is 0.410 e. The van der Waals surface area contributed by atoms with Gasteiger partial charge in [0.2, 0.25) is 0 Å². The molecule has 0 aromatic heterocycles. The van der Waals surface area contributed by atoms with Crippen molar-refractivity contribution in [3.63, 3.8) is 0 Å². The zero-order chi connectivity index (χ0) is 18.1. The highest BCUT2D eigenvalue weighted by Crippen LogP contribution is 2.30. The van der Waals surface area contributed by atoms with Gasteiger partial charge in [-0.25, -0.2) is 13.6 Å². The molecule has 1 aliphatic heterocycles. The summed E-state index contributed by atoms with van der Waals surface area (Å²) in [6, 6.07) is 1.39. The van der Waals surface area contributed by atoms with Crippen LogP contribution in [0.1, 0.15) is 32.8 Å². The van der Waals surface area contributed by atoms with Gasteiger partial charge in [0.1, 0.15) is 17.2 Å². The van der Waals surface area contributed by atoms with Crippen LogP contribution in [0.5, 0.6) is 0 Å². The van der Waals surface area contributed by atoms with E-state index < -0.39 is 33.9 Å². The van der Waals surface area contributed by atoms with Crippen LogP contribution in [-0.4, -0.2) is 34.6 Å². The number of amides is 1. The van der Waals surface area contributed by atoms with Crippen LogP contribution >= 0.6 is 0 Å². The molecule has 1 aromatic carbocycles. The Kier molecular flexibility index (Phi) is 4.86. The second kappa shape index (κ2) is 6.54. The van der Waals surface area contributed by atoms with Crippen LogP contribution in [-0.2, 0) is 4.74 Å². The molecule has 0 atom stereocenters. The molecule has 2 rings (SSSR count). The number of carbonyl (C=O) groups excluding carboxylic acids is 1. The monoisotopic (exact) mass is 340 g/mol. The number of carbonyl (C=O) groups is 1. The van der Waals surface area contributed by atoms with E-state index in [9.17, 15) is 23.7 Å². The summed E-state index contributed by atoms with van der Waals surface area (Å²) in [6.07, 6.45) is 1.26. The fourth-order valence-electron chi connectivity index (χ4n) is 2.36. The quantitative estimate of drug-likeness (QED) is 0.605. The highest BCUT2D eigenvalue weighted by atomic mass is 19.1. The largest absolute Gasteiger partial charge is 0.444 e. The molecule has 0 bridgehead atoms. The summed E-state index contributed by atoms with van der Waals surface area (Å²) in [5, 5.41) is 10.6. The first kappa shape index (κ1) is 17.8. The highest BCUT2D eigenvalue weighted by Gasteiger charge is 2.26. The van der Waals surface area contributed by atoms with Gasteiger partial charge in [0.05, 0.1) is 17.1 Å². The van der Waals surface area contributed by atoms with Gasteiger partial charge in [0.15, 0.2) is 0 Å². The van der Waals surface area contributed by atoms with Crippen LogP contribution in [0.3, 0.4) is 0 Å². The lowest BCUT2D eigenvalue weighted by atomic mass is 9.98. The number of ether oxygens (including phenoxy) is 1. The molecule has 0 N–H and O–H groups in total. The Morgan fingerprint density at radius 3 is 2.29 bits per heavy atom. The molecule has 0 spiro atoms. The number of hydrogen-bond donors (Lipinski definition) is 0. The van der Waals surface area contributed by atoms with E-state index in [1.165, 1.54) is 11.0 Å². The minimum absolute atomic E-state index is 0.153. The van der Waals surface area contributed by atoms with Gasteiger partial charge in [-0.3, -0.25) is 10.1 Å². The van der Waals surface area contributed by atoms with Gasteiger partial charge in [-0.2, -0.15) is 0 Å². The van der Waals surface area contributed by atoms with Gasteiger partial charge >= 0.3 is 6.09 Å². The van der Waals surface area contributed by atoms with Crippen molar-refractivity contribution in [2.45, 2.75) is 32.8 Å². The summed E-state index contributed by atoms with van der Waals surface area (Å²) in [5.41, 5.74) is -1.18. The molecule has 0 radical (unpaired) electrons. The summed E-state index contributed by atoms with van der Waals surface area (Å²) < 4.78 is 33.3. The fourth-order valence-corrected chi connectivity index (χ4v) is 2.36. The molecule has 0 aliphatic carbocycles. The molecule has 0 unspecified atom stereocenters. The van der Waals surface area contributed by atoms with Gasteiger partial charge in [-0.15, -0.1) is 0 Å². The highest BCUT2D eigenvalue weighted by molar-refractivity contribution is 5.73. The standard InChI is InChI=1S/C16H18F2N2O4/c1-16(2,3)24-15(21)19-6-4-10(5-7-19)14-12(17)8-11(20(22)23)9-13(14)18/h4,8-9H,5-7H2,1-3H3. The van der Waals surface area contributed by atoms with Crippen molar-refractivity contribution < 1.29 is 23.2 Å². The van der Waals surface area contributed by atoms with Crippen molar-refractivity contribution in [2.24, 2.45) is 0 Å². The lowest BCUT2D eigenvalue weighted by Gasteiger charge is -2.29. The van der Waals surface area contributed by atoms with E-state index in [4.69, 9.17) is 4.74 Å². The summed E-state index contributed by atoms with van der Waals surface area (Å²) in [6.45, 7) is 5.64. The number of nitro groups is 1. The van der Waals surface area contributed by atoms with Gasteiger partial charge in [0.25, 0.3) is 5.69 Å². The molecular formula is C16H18F2N2O4. The van der Waals surface area contributed by atoms with E-state index in [1.807, 2.05) is 0 Å². The molecule has 0 fully saturated rings. The predicted molar refractivity (Wildman–Crippen MR) is 83.4 cm³/mol. The molecule has 130 valence electrons. The summed E-state index contributed by atoms with van der Waals surface area (Å²) >= 11 is 0. The number of halogens is 2. The number of benzene rings is 1. The van der Waals surface area contributed by atoms with Crippen molar-refractivity contribution in [2.75, 3.05) is 13.1 Å². The van der Waals surface area contributed by atoms with E-state index in [0.29, 0.717) is 17.7 Å². The SMILES string of the molecule is CC(C)(C)OC(=O)N1CC=C(c2c(F)cc([N+](=O)[O-])cc2F)CC1. The Morgan fingerprint density at radius 2 is 1.88 bits per heavy atom. The zero-order valence-corrected chi connectivity index (χ0v) is 13.6. The van der Waals surface area contributed by atoms with E-state index in [-0.39, 0.29) is 25.1 Å². The van der Waals surface area contributed by atoms with Crippen molar-refractivity contribution in [1.82, 2.24) is 4.90 Å². The molecule has 0 saturated heterocycles. The lowest BCUT2D eigenvalue weighted by molar-refractivity contribution is -0.385. The first-order chi connectivity index (χ1) is 11.1. The summed E-state index contributed by atoms with van der Waals surface area (Å²) in [5.74, 6) is -1.97. The fraction of sp³-hybridized carbons (Fsp3) is 0.438. The van der Waals surface area contributed by atoms with E-state index in [1.54, 1.807) is 20.8 Å². The van der Waals surface area contributed by atoms with E-state index in [2.05, 4.69) is 0 Å². The number of nitro benzene ring substituents is 1. The Hall–Kier alpha value is -2.51. The first-order valence-corrected chi connectivity index (χ1v) is 7.39. The maximum absolute atomic E-state index is 14.0. The van der Waals surface area contributed by atoms with Crippen molar-refractivity contribution in [3.8, 4) is 0 Å². The van der Waals surface area contributed by atoms with Gasteiger partial charge in [-0.05, 0) is 32.8 Å². The Morgan fingerprint density at radius 1 is 1.29 bits per heavy atom. The van der Waals surface area contributed by atoms with Gasteiger partial charge in [-0.1, -0.05) is 6.08 Å². The maximum atomic E-state index is 14.0. The van der Waals surface area contributed by atoms with Gasteiger partial charge < -0.3 is 9.64 Å². The predicted octanol–water partition coefficient (Wildman–Crippen LogP) is 3.90. The number of rotatable bonds is 2. The van der Waals surface area contributed by atoms with Crippen molar-refractivity contribution >= 4 is 17.4 Å². The minimum atomic E-state index is -0.987. The Labute approximate surface area is 137 Å². The number of nitrogens with zero attached hydrogens (tertiary/aromatic N) is 2. The lowest BCUT2D eigenvalue weighted by Crippen LogP contribution is -2.39. The molecule has 8 heteroatoms. The smallest absolute Gasteiger partial charge is 0.410 e. The third kappa shape index (κ3) is 4.06. The summed E-state index contributed by atoms with van der Waals surface area (Å²) in [7, 11) is 0. The normalized spacial score (nSPS) is 15.0. The zero-order valence-electron chi connectivity index (χ0n) is 13.6. The van der Waals surface area contributed by atoms with Crippen LogP contribution in [0.4, 0.5) is 19.3 Å². The Bertz CT molecular complexity index is 688. The third-order valence-corrected chi connectivity index (χ3v) is 3.42. The summed E-state index contributed by atoms with van der Waals surface area (Å²) in [4.78, 5) is 23.2. The van der Waals surface area contributed by atoms with Crippen LogP contribution < -0.4 is 0 Å². The molecule has 24 heavy (non-hydrogen) atoms. The van der Waals surface area contributed by atoms with E-state index in [0.717, 1.165) is 0 Å².